The highest BCUT2D eigenvalue weighted by Gasteiger charge is 2.45. The first-order chi connectivity index (χ1) is 18.2. The first-order valence-corrected chi connectivity index (χ1v) is 13.1. The Morgan fingerprint density at radius 3 is 2.55 bits per heavy atom. The fraction of sp³-hybridized carbons (Fsp3) is 0.259. The molecule has 192 valence electrons. The predicted molar refractivity (Wildman–Crippen MR) is 140 cm³/mol. The number of carbonyl (C=O) groups excluding carboxylic acids is 5. The molecule has 0 aliphatic carbocycles. The van der Waals surface area contributed by atoms with E-state index in [4.69, 9.17) is 0 Å². The quantitative estimate of drug-likeness (QED) is 0.497. The molecule has 2 aromatic carbocycles. The first kappa shape index (κ1) is 24.0. The van der Waals surface area contributed by atoms with Crippen LogP contribution in [0.5, 0.6) is 0 Å². The number of benzene rings is 2. The van der Waals surface area contributed by atoms with Gasteiger partial charge in [0.05, 0.1) is 22.5 Å². The van der Waals surface area contributed by atoms with Crippen molar-refractivity contribution in [3.05, 3.63) is 58.1 Å². The number of anilines is 3. The summed E-state index contributed by atoms with van der Waals surface area (Å²) in [6.07, 6.45) is 1.17. The van der Waals surface area contributed by atoms with Crippen LogP contribution >= 0.6 is 11.3 Å². The van der Waals surface area contributed by atoms with Crippen molar-refractivity contribution < 1.29 is 24.0 Å². The molecule has 0 radical (unpaired) electrons. The molecule has 4 heterocycles. The van der Waals surface area contributed by atoms with Crippen LogP contribution in [-0.4, -0.2) is 52.5 Å². The number of amides is 5. The van der Waals surface area contributed by atoms with E-state index in [1.165, 1.54) is 11.3 Å². The summed E-state index contributed by atoms with van der Waals surface area (Å²) in [4.78, 5) is 70.5. The molecular formula is C27H23N5O5S. The summed E-state index contributed by atoms with van der Waals surface area (Å²) in [5, 5.41) is 8.29. The van der Waals surface area contributed by atoms with Gasteiger partial charge in [0.1, 0.15) is 11.0 Å². The van der Waals surface area contributed by atoms with Gasteiger partial charge in [-0.3, -0.25) is 34.2 Å². The maximum absolute atomic E-state index is 13.6. The maximum atomic E-state index is 13.6. The lowest BCUT2D eigenvalue weighted by Gasteiger charge is -2.28. The summed E-state index contributed by atoms with van der Waals surface area (Å²) in [6.45, 7) is 1.91. The summed E-state index contributed by atoms with van der Waals surface area (Å²) < 4.78 is 0. The Morgan fingerprint density at radius 2 is 1.82 bits per heavy atom. The summed E-state index contributed by atoms with van der Waals surface area (Å²) in [5.74, 6) is -2.24. The standard InChI is InChI=1S/C27H23N5O5S/c1-13-12-38-25(28-13)16-10-14-6-9-22(34)31(2)20(14)11-18(16)29-17-5-3-4-15-23(17)27(37)32(26(15)36)19-7-8-21(33)30-24(19)35/h3-5,10-12,19,29H,6-9H2,1-2H3,(H,30,33,35). The van der Waals surface area contributed by atoms with Crippen LogP contribution in [0.3, 0.4) is 0 Å². The normalized spacial score (nSPS) is 19.0. The van der Waals surface area contributed by atoms with Crippen LogP contribution in [0, 0.1) is 6.92 Å². The largest absolute Gasteiger partial charge is 0.354 e. The molecule has 38 heavy (non-hydrogen) atoms. The number of aryl methyl sites for hydroxylation is 2. The van der Waals surface area contributed by atoms with E-state index < -0.39 is 29.7 Å². The minimum absolute atomic E-state index is 0.0163. The van der Waals surface area contributed by atoms with Gasteiger partial charge in [-0.25, -0.2) is 4.98 Å². The summed E-state index contributed by atoms with van der Waals surface area (Å²) in [5.41, 5.74) is 4.85. The van der Waals surface area contributed by atoms with Crippen molar-refractivity contribution in [2.45, 2.75) is 38.6 Å². The zero-order valence-corrected chi connectivity index (χ0v) is 21.5. The van der Waals surface area contributed by atoms with Crippen molar-refractivity contribution >= 4 is 57.9 Å². The summed E-state index contributed by atoms with van der Waals surface area (Å²) in [7, 11) is 1.73. The fourth-order valence-electron chi connectivity index (χ4n) is 5.21. The van der Waals surface area contributed by atoms with Crippen LogP contribution in [-0.2, 0) is 20.8 Å². The van der Waals surface area contributed by atoms with Gasteiger partial charge in [0.25, 0.3) is 11.8 Å². The van der Waals surface area contributed by atoms with Crippen LogP contribution in [0.4, 0.5) is 17.1 Å². The number of nitrogens with one attached hydrogen (secondary N) is 2. The van der Waals surface area contributed by atoms with Gasteiger partial charge in [0, 0.05) is 42.2 Å². The van der Waals surface area contributed by atoms with Crippen LogP contribution in [0.1, 0.15) is 51.2 Å². The molecule has 2 N–H and O–H groups in total. The van der Waals surface area contributed by atoms with Gasteiger partial charge in [0.2, 0.25) is 17.7 Å². The Labute approximate surface area is 221 Å². The number of imide groups is 2. The van der Waals surface area contributed by atoms with Crippen molar-refractivity contribution in [2.75, 3.05) is 17.3 Å². The number of hydrogen-bond acceptors (Lipinski definition) is 8. The number of thiazole rings is 1. The van der Waals surface area contributed by atoms with Crippen molar-refractivity contribution in [3.8, 4) is 10.6 Å². The molecule has 5 amide bonds. The van der Waals surface area contributed by atoms with Gasteiger partial charge in [-0.05, 0) is 49.6 Å². The Balaban J connectivity index is 1.43. The van der Waals surface area contributed by atoms with E-state index >= 15 is 0 Å². The molecule has 1 atom stereocenters. The number of hydrogen-bond donors (Lipinski definition) is 2. The van der Waals surface area contributed by atoms with Gasteiger partial charge in [-0.1, -0.05) is 6.07 Å². The van der Waals surface area contributed by atoms with E-state index in [-0.39, 0.29) is 29.9 Å². The van der Waals surface area contributed by atoms with Gasteiger partial charge in [-0.2, -0.15) is 0 Å². The molecule has 3 aromatic rings. The van der Waals surface area contributed by atoms with Gasteiger partial charge in [0.15, 0.2) is 0 Å². The Kier molecular flexibility index (Phi) is 5.60. The number of fused-ring (bicyclic) bond motifs is 2. The molecule has 11 heteroatoms. The molecule has 0 spiro atoms. The third kappa shape index (κ3) is 3.77. The first-order valence-electron chi connectivity index (χ1n) is 12.2. The van der Waals surface area contributed by atoms with Crippen molar-refractivity contribution in [1.29, 1.82) is 0 Å². The van der Waals surface area contributed by atoms with Crippen LogP contribution in [0.15, 0.2) is 35.7 Å². The number of carbonyl (C=O) groups is 5. The van der Waals surface area contributed by atoms with Crippen molar-refractivity contribution in [3.63, 3.8) is 0 Å². The molecule has 1 saturated heterocycles. The smallest absolute Gasteiger partial charge is 0.264 e. The number of rotatable bonds is 4. The molecule has 3 aliphatic rings. The van der Waals surface area contributed by atoms with Gasteiger partial charge >= 0.3 is 0 Å². The molecule has 0 bridgehead atoms. The number of aromatic nitrogens is 1. The fourth-order valence-corrected chi connectivity index (χ4v) is 6.04. The number of nitrogens with zero attached hydrogens (tertiary/aromatic N) is 3. The highest BCUT2D eigenvalue weighted by atomic mass is 32.1. The zero-order chi connectivity index (χ0) is 26.7. The highest BCUT2D eigenvalue weighted by molar-refractivity contribution is 7.13. The summed E-state index contributed by atoms with van der Waals surface area (Å²) >= 11 is 1.49. The van der Waals surface area contributed by atoms with Crippen molar-refractivity contribution in [1.82, 2.24) is 15.2 Å². The molecule has 0 saturated carbocycles. The lowest BCUT2D eigenvalue weighted by atomic mass is 9.97. The van der Waals surface area contributed by atoms with Crippen LogP contribution < -0.4 is 15.5 Å². The SMILES string of the molecule is Cc1csc(-c2cc3c(cc2Nc2cccc4c2C(=O)N(C2CCC(=O)NC2=O)C4=O)N(C)C(=O)CC3)n1. The summed E-state index contributed by atoms with van der Waals surface area (Å²) in [6, 6.07) is 7.76. The molecule has 10 nitrogen and oxygen atoms in total. The van der Waals surface area contributed by atoms with E-state index in [9.17, 15) is 24.0 Å². The molecule has 1 fully saturated rings. The Hall–Kier alpha value is -4.38. The molecule has 6 rings (SSSR count). The average molecular weight is 530 g/mol. The second-order valence-electron chi connectivity index (χ2n) is 9.57. The predicted octanol–water partition coefficient (Wildman–Crippen LogP) is 3.17. The van der Waals surface area contributed by atoms with E-state index in [0.29, 0.717) is 24.2 Å². The van der Waals surface area contributed by atoms with E-state index in [1.54, 1.807) is 30.1 Å². The van der Waals surface area contributed by atoms with Crippen molar-refractivity contribution in [2.24, 2.45) is 0 Å². The average Bonchev–Trinajstić information content (AvgIpc) is 3.43. The van der Waals surface area contributed by atoms with Crippen LogP contribution in [0.2, 0.25) is 0 Å². The lowest BCUT2D eigenvalue weighted by molar-refractivity contribution is -0.136. The topological polar surface area (TPSA) is 129 Å². The molecule has 1 aromatic heterocycles. The zero-order valence-electron chi connectivity index (χ0n) is 20.7. The molecule has 1 unspecified atom stereocenters. The van der Waals surface area contributed by atoms with Crippen LogP contribution in [0.25, 0.3) is 10.6 Å². The second-order valence-corrected chi connectivity index (χ2v) is 10.4. The lowest BCUT2D eigenvalue weighted by Crippen LogP contribution is -2.54. The molecule has 3 aliphatic heterocycles. The minimum atomic E-state index is -1.05. The maximum Gasteiger partial charge on any atom is 0.264 e. The van der Waals surface area contributed by atoms with Gasteiger partial charge < -0.3 is 10.2 Å². The highest BCUT2D eigenvalue weighted by Crippen LogP contribution is 2.41. The Morgan fingerprint density at radius 1 is 1.00 bits per heavy atom. The van der Waals surface area contributed by atoms with E-state index in [1.807, 2.05) is 24.4 Å². The number of piperidine rings is 1. The third-order valence-electron chi connectivity index (χ3n) is 7.15. The Bertz CT molecular complexity index is 1580. The second kappa shape index (κ2) is 8.88. The third-order valence-corrected chi connectivity index (χ3v) is 8.14. The monoisotopic (exact) mass is 529 g/mol. The van der Waals surface area contributed by atoms with Gasteiger partial charge in [-0.15, -0.1) is 11.3 Å². The van der Waals surface area contributed by atoms with E-state index in [0.717, 1.165) is 32.4 Å². The minimum Gasteiger partial charge on any atom is -0.354 e. The molecular weight excluding hydrogens is 506 g/mol. The van der Waals surface area contributed by atoms with E-state index in [2.05, 4.69) is 15.6 Å².